The van der Waals surface area contributed by atoms with E-state index >= 15 is 0 Å². The molecule has 128 valence electrons. The van der Waals surface area contributed by atoms with E-state index in [4.69, 9.17) is 23.2 Å². The fraction of sp³-hybridized carbons (Fsp3) is 0. The topological polar surface area (TPSA) is 57.8 Å². The van der Waals surface area contributed by atoms with Crippen molar-refractivity contribution < 1.29 is 4.79 Å². The lowest BCUT2D eigenvalue weighted by Crippen LogP contribution is -2.12. The Hall–Kier alpha value is -2.82. The number of fused-ring (bicyclic) bond motifs is 1. The monoisotopic (exact) mass is 381 g/mol. The molecule has 0 atom stereocenters. The molecule has 0 saturated heterocycles. The zero-order valence-electron chi connectivity index (χ0n) is 13.5. The molecule has 0 bridgehead atoms. The van der Waals surface area contributed by atoms with Crippen molar-refractivity contribution in [2.45, 2.75) is 0 Å². The smallest absolute Gasteiger partial charge is 0.257 e. The highest BCUT2D eigenvalue weighted by atomic mass is 35.5. The molecule has 1 amide bonds. The van der Waals surface area contributed by atoms with Gasteiger partial charge in [0.2, 0.25) is 0 Å². The number of amides is 1. The number of halogens is 2. The van der Waals surface area contributed by atoms with Crippen LogP contribution < -0.4 is 5.32 Å². The van der Waals surface area contributed by atoms with Gasteiger partial charge in [0.05, 0.1) is 22.5 Å². The van der Waals surface area contributed by atoms with Crippen LogP contribution in [0.2, 0.25) is 10.0 Å². The molecule has 0 aliphatic rings. The first kappa shape index (κ1) is 16.6. The minimum Gasteiger partial charge on any atom is -0.339 e. The van der Waals surface area contributed by atoms with Gasteiger partial charge >= 0.3 is 0 Å². The highest BCUT2D eigenvalue weighted by Gasteiger charge is 2.12. The van der Waals surface area contributed by atoms with Gasteiger partial charge in [-0.15, -0.1) is 0 Å². The average molecular weight is 382 g/mol. The number of carbonyl (C=O) groups is 1. The third kappa shape index (κ3) is 3.29. The van der Waals surface area contributed by atoms with Crippen LogP contribution in [-0.2, 0) is 0 Å². The second-order valence-corrected chi connectivity index (χ2v) is 6.63. The molecular weight excluding hydrogens is 369 g/mol. The molecule has 0 saturated carbocycles. The summed E-state index contributed by atoms with van der Waals surface area (Å²) in [5.41, 5.74) is 3.75. The average Bonchev–Trinajstić information content (AvgIpc) is 3.05. The first-order chi connectivity index (χ1) is 12.6. The molecule has 6 heteroatoms. The van der Waals surface area contributed by atoms with Crippen molar-refractivity contribution in [1.29, 1.82) is 0 Å². The molecule has 0 aliphatic heterocycles. The Morgan fingerprint density at radius 3 is 2.58 bits per heavy atom. The summed E-state index contributed by atoms with van der Waals surface area (Å²) in [6, 6.07) is 18.6. The molecule has 4 rings (SSSR count). The van der Waals surface area contributed by atoms with Gasteiger partial charge in [0.1, 0.15) is 5.65 Å². The van der Waals surface area contributed by atoms with E-state index < -0.39 is 0 Å². The molecule has 2 heterocycles. The van der Waals surface area contributed by atoms with Crippen molar-refractivity contribution in [3.8, 4) is 11.3 Å². The van der Waals surface area contributed by atoms with Crippen molar-refractivity contribution in [2.24, 2.45) is 0 Å². The lowest BCUT2D eigenvalue weighted by atomic mass is 10.1. The summed E-state index contributed by atoms with van der Waals surface area (Å²) in [5.74, 6) is -0.313. The van der Waals surface area contributed by atoms with Crippen LogP contribution in [0.1, 0.15) is 10.4 Å². The van der Waals surface area contributed by atoms with Gasteiger partial charge in [-0.05, 0) is 35.9 Å². The van der Waals surface area contributed by atoms with Gasteiger partial charge < -0.3 is 10.3 Å². The third-order valence-electron chi connectivity index (χ3n) is 3.99. The lowest BCUT2D eigenvalue weighted by Gasteiger charge is -2.06. The minimum atomic E-state index is -0.313. The molecule has 2 aromatic heterocycles. The zero-order valence-corrected chi connectivity index (χ0v) is 15.0. The number of rotatable bonds is 3. The highest BCUT2D eigenvalue weighted by molar-refractivity contribution is 6.37. The van der Waals surface area contributed by atoms with Crippen LogP contribution in [0, 0.1) is 0 Å². The van der Waals surface area contributed by atoms with Crippen LogP contribution in [0.3, 0.4) is 0 Å². The number of nitrogens with zero attached hydrogens (tertiary/aromatic N) is 1. The van der Waals surface area contributed by atoms with Crippen LogP contribution in [-0.4, -0.2) is 15.9 Å². The fourth-order valence-electron chi connectivity index (χ4n) is 2.73. The summed E-state index contributed by atoms with van der Waals surface area (Å²) in [6.45, 7) is 0. The van der Waals surface area contributed by atoms with Gasteiger partial charge in [0, 0.05) is 16.1 Å². The molecule has 0 fully saturated rings. The molecular formula is C20H13Cl2N3O. The van der Waals surface area contributed by atoms with E-state index in [1.807, 2.05) is 42.5 Å². The van der Waals surface area contributed by atoms with E-state index in [-0.39, 0.29) is 5.91 Å². The van der Waals surface area contributed by atoms with E-state index in [2.05, 4.69) is 15.3 Å². The Morgan fingerprint density at radius 1 is 1.00 bits per heavy atom. The van der Waals surface area contributed by atoms with Gasteiger partial charge in [0.25, 0.3) is 5.91 Å². The van der Waals surface area contributed by atoms with Crippen molar-refractivity contribution in [3.63, 3.8) is 0 Å². The number of benzene rings is 2. The lowest BCUT2D eigenvalue weighted by molar-refractivity contribution is 0.102. The Labute approximate surface area is 159 Å². The maximum atomic E-state index is 12.4. The molecule has 2 aromatic carbocycles. The molecule has 0 unspecified atom stereocenters. The molecule has 4 nitrogen and oxygen atoms in total. The van der Waals surface area contributed by atoms with Gasteiger partial charge in [0.15, 0.2) is 0 Å². The van der Waals surface area contributed by atoms with E-state index in [1.54, 1.807) is 18.3 Å². The summed E-state index contributed by atoms with van der Waals surface area (Å²) in [6.07, 6.45) is 1.61. The molecule has 4 aromatic rings. The van der Waals surface area contributed by atoms with Crippen molar-refractivity contribution in [2.75, 3.05) is 5.32 Å². The van der Waals surface area contributed by atoms with Crippen LogP contribution in [0.4, 0.5) is 5.69 Å². The summed E-state index contributed by atoms with van der Waals surface area (Å²) in [5, 5.41) is 4.51. The van der Waals surface area contributed by atoms with Crippen molar-refractivity contribution in [3.05, 3.63) is 82.5 Å². The normalized spacial score (nSPS) is 10.8. The molecule has 2 N–H and O–H groups in total. The molecule has 0 radical (unpaired) electrons. The Kier molecular flexibility index (Phi) is 4.37. The summed E-state index contributed by atoms with van der Waals surface area (Å²) in [4.78, 5) is 20.1. The van der Waals surface area contributed by atoms with Crippen LogP contribution in [0.25, 0.3) is 22.3 Å². The van der Waals surface area contributed by atoms with E-state index in [9.17, 15) is 4.79 Å². The number of nitrogens with one attached hydrogen (secondary N) is 2. The first-order valence-corrected chi connectivity index (χ1v) is 8.66. The molecule has 26 heavy (non-hydrogen) atoms. The summed E-state index contributed by atoms with van der Waals surface area (Å²) < 4.78 is 0. The SMILES string of the molecule is O=C(Nc1cnc2[nH]c(-c3ccccc3)cc2c1)c1ccc(Cl)cc1Cl. The quantitative estimate of drug-likeness (QED) is 0.471. The van der Waals surface area contributed by atoms with Gasteiger partial charge in [-0.3, -0.25) is 4.79 Å². The van der Waals surface area contributed by atoms with Crippen molar-refractivity contribution >= 4 is 45.8 Å². The minimum absolute atomic E-state index is 0.303. The second kappa shape index (κ2) is 6.83. The zero-order chi connectivity index (χ0) is 18.1. The van der Waals surface area contributed by atoms with Gasteiger partial charge in [-0.25, -0.2) is 4.98 Å². The third-order valence-corrected chi connectivity index (χ3v) is 4.54. The molecule has 0 aliphatic carbocycles. The van der Waals surface area contributed by atoms with Crippen LogP contribution in [0.5, 0.6) is 0 Å². The molecule has 0 spiro atoms. The first-order valence-electron chi connectivity index (χ1n) is 7.91. The number of H-pyrrole nitrogens is 1. The summed E-state index contributed by atoms with van der Waals surface area (Å²) in [7, 11) is 0. The number of aromatic amines is 1. The number of carbonyl (C=O) groups excluding carboxylic acids is 1. The number of pyridine rings is 1. The van der Waals surface area contributed by atoms with Gasteiger partial charge in [-0.2, -0.15) is 0 Å². The second-order valence-electron chi connectivity index (χ2n) is 5.79. The Bertz CT molecular complexity index is 1110. The van der Waals surface area contributed by atoms with Gasteiger partial charge in [-0.1, -0.05) is 53.5 Å². The van der Waals surface area contributed by atoms with E-state index in [0.29, 0.717) is 21.3 Å². The maximum Gasteiger partial charge on any atom is 0.257 e. The maximum absolute atomic E-state index is 12.4. The van der Waals surface area contributed by atoms with Crippen LogP contribution >= 0.6 is 23.2 Å². The van der Waals surface area contributed by atoms with Crippen molar-refractivity contribution in [1.82, 2.24) is 9.97 Å². The highest BCUT2D eigenvalue weighted by Crippen LogP contribution is 2.26. The number of anilines is 1. The Balaban J connectivity index is 1.62. The Morgan fingerprint density at radius 2 is 1.81 bits per heavy atom. The predicted octanol–water partition coefficient (Wildman–Crippen LogP) is 5.79. The van der Waals surface area contributed by atoms with Crippen LogP contribution in [0.15, 0.2) is 66.9 Å². The summed E-state index contributed by atoms with van der Waals surface area (Å²) >= 11 is 12.0. The number of hydrogen-bond acceptors (Lipinski definition) is 2. The fourth-order valence-corrected chi connectivity index (χ4v) is 3.22. The number of aromatic nitrogens is 2. The van der Waals surface area contributed by atoms with E-state index in [1.165, 1.54) is 6.07 Å². The van der Waals surface area contributed by atoms with E-state index in [0.717, 1.165) is 22.3 Å². The predicted molar refractivity (Wildman–Crippen MR) is 106 cm³/mol. The standard InChI is InChI=1S/C20H13Cl2N3O/c21-14-6-7-16(17(22)10-14)20(26)24-15-8-13-9-18(25-19(13)23-11-15)12-4-2-1-3-5-12/h1-11H,(H,23,25)(H,24,26). The number of hydrogen-bond donors (Lipinski definition) is 2. The largest absolute Gasteiger partial charge is 0.339 e.